The first kappa shape index (κ1) is 41.2. The second-order valence-electron chi connectivity index (χ2n) is 14.7. The topological polar surface area (TPSA) is 26.3 Å². The van der Waals surface area contributed by atoms with Crippen molar-refractivity contribution in [3.63, 3.8) is 0 Å². The van der Waals surface area contributed by atoms with Crippen molar-refractivity contribution >= 4 is 5.97 Å². The van der Waals surface area contributed by atoms with Crippen molar-refractivity contribution in [2.75, 3.05) is 0 Å². The van der Waals surface area contributed by atoms with E-state index in [4.69, 9.17) is 4.74 Å². The second kappa shape index (κ2) is 30.8. The summed E-state index contributed by atoms with van der Waals surface area (Å²) in [5.41, 5.74) is -0.342. The van der Waals surface area contributed by atoms with Crippen LogP contribution in [0.5, 0.6) is 0 Å². The molecule has 1 heterocycles. The minimum absolute atomic E-state index is 0.00926. The number of carbonyl (C=O) groups excluding carboxylic acids is 1. The van der Waals surface area contributed by atoms with Gasteiger partial charge >= 0.3 is 5.97 Å². The van der Waals surface area contributed by atoms with Crippen LogP contribution in [0.15, 0.2) is 12.3 Å². The largest absolute Gasteiger partial charge is 0.430 e. The van der Waals surface area contributed by atoms with Crippen LogP contribution in [-0.2, 0) is 9.53 Å². The molecule has 0 aromatic rings. The molecule has 1 aliphatic rings. The van der Waals surface area contributed by atoms with E-state index in [1.807, 2.05) is 0 Å². The average Bonchev–Trinajstić information content (AvgIpc) is 3.03. The fourth-order valence-electron chi connectivity index (χ4n) is 7.29. The molecule has 0 amide bonds. The Kier molecular flexibility index (Phi) is 28.9. The van der Waals surface area contributed by atoms with E-state index in [1.54, 1.807) is 0 Å². The van der Waals surface area contributed by atoms with Gasteiger partial charge in [-0.2, -0.15) is 0 Å². The standard InChI is InChI=1S/C42H80O2/c1-4-6-8-10-12-14-16-18-20-21-22-23-24-25-27-29-31-33-35-37-39-42(40(3)44-41(42)43)38-36-34-32-30-28-26-19-17-15-13-11-9-7-5-2/h3-39H2,1-2H3. The van der Waals surface area contributed by atoms with Crippen molar-refractivity contribution in [1.82, 2.24) is 0 Å². The molecule has 1 rings (SSSR count). The molecule has 2 nitrogen and oxygen atoms in total. The van der Waals surface area contributed by atoms with Gasteiger partial charge in [-0.05, 0) is 12.8 Å². The van der Waals surface area contributed by atoms with Gasteiger partial charge in [-0.1, -0.05) is 239 Å². The lowest BCUT2D eigenvalue weighted by atomic mass is 9.73. The minimum Gasteiger partial charge on any atom is -0.430 e. The summed E-state index contributed by atoms with van der Waals surface area (Å²) in [6, 6.07) is 0. The molecule has 0 aliphatic carbocycles. The van der Waals surface area contributed by atoms with Crippen LogP contribution in [0.2, 0.25) is 0 Å². The third-order valence-electron chi connectivity index (χ3n) is 10.6. The summed E-state index contributed by atoms with van der Waals surface area (Å²) in [6.07, 6.45) is 49.2. The highest BCUT2D eigenvalue weighted by molar-refractivity contribution is 5.87. The van der Waals surface area contributed by atoms with Gasteiger partial charge in [-0.3, -0.25) is 4.79 Å². The van der Waals surface area contributed by atoms with E-state index in [0.29, 0.717) is 0 Å². The minimum atomic E-state index is -0.342. The van der Waals surface area contributed by atoms with Gasteiger partial charge in [0.2, 0.25) is 0 Å². The highest BCUT2D eigenvalue weighted by Crippen LogP contribution is 2.47. The molecule has 0 spiro atoms. The van der Waals surface area contributed by atoms with Crippen LogP contribution in [0.3, 0.4) is 0 Å². The fourth-order valence-corrected chi connectivity index (χ4v) is 7.29. The summed E-state index contributed by atoms with van der Waals surface area (Å²) in [4.78, 5) is 12.5. The Morgan fingerprint density at radius 1 is 0.386 bits per heavy atom. The number of unbranched alkanes of at least 4 members (excludes halogenated alkanes) is 32. The maximum atomic E-state index is 12.5. The zero-order valence-corrected chi connectivity index (χ0v) is 30.5. The van der Waals surface area contributed by atoms with Crippen molar-refractivity contribution in [3.05, 3.63) is 12.3 Å². The quantitative estimate of drug-likeness (QED) is 0.0517. The Morgan fingerprint density at radius 3 is 0.773 bits per heavy atom. The van der Waals surface area contributed by atoms with Crippen LogP contribution in [-0.4, -0.2) is 5.97 Å². The van der Waals surface area contributed by atoms with Crippen LogP contribution < -0.4 is 0 Å². The van der Waals surface area contributed by atoms with Gasteiger partial charge in [0.25, 0.3) is 0 Å². The molecule has 2 heteroatoms. The van der Waals surface area contributed by atoms with Crippen LogP contribution >= 0.6 is 0 Å². The molecular formula is C42H80O2. The normalized spacial score (nSPS) is 16.4. The van der Waals surface area contributed by atoms with E-state index in [2.05, 4.69) is 20.4 Å². The molecule has 1 atom stereocenters. The molecule has 260 valence electrons. The molecule has 1 saturated heterocycles. The third kappa shape index (κ3) is 21.9. The zero-order valence-electron chi connectivity index (χ0n) is 30.5. The maximum absolute atomic E-state index is 12.5. The molecule has 0 bridgehead atoms. The monoisotopic (exact) mass is 617 g/mol. The Labute approximate surface area is 277 Å². The average molecular weight is 617 g/mol. The maximum Gasteiger partial charge on any atom is 0.324 e. The van der Waals surface area contributed by atoms with Crippen molar-refractivity contribution in [2.24, 2.45) is 5.41 Å². The van der Waals surface area contributed by atoms with Gasteiger partial charge in [0.05, 0.1) is 0 Å². The van der Waals surface area contributed by atoms with E-state index in [0.717, 1.165) is 31.4 Å². The lowest BCUT2D eigenvalue weighted by molar-refractivity contribution is -0.171. The number of ether oxygens (including phenoxy) is 1. The Balaban J connectivity index is 1.89. The van der Waals surface area contributed by atoms with Crippen LogP contribution in [0.4, 0.5) is 0 Å². The summed E-state index contributed by atoms with van der Waals surface area (Å²) in [5.74, 6) is 0.769. The Hall–Kier alpha value is -0.790. The summed E-state index contributed by atoms with van der Waals surface area (Å²) in [5, 5.41) is 0. The van der Waals surface area contributed by atoms with Gasteiger partial charge in [-0.25, -0.2) is 0 Å². The number of hydrogen-bond donors (Lipinski definition) is 0. The van der Waals surface area contributed by atoms with Crippen molar-refractivity contribution in [3.8, 4) is 0 Å². The Bertz CT molecular complexity index is 624. The lowest BCUT2D eigenvalue weighted by Crippen LogP contribution is -2.45. The summed E-state index contributed by atoms with van der Waals surface area (Å²) in [6.45, 7) is 8.70. The lowest BCUT2D eigenvalue weighted by Gasteiger charge is -2.41. The first-order valence-electron chi connectivity index (χ1n) is 20.6. The number of carbonyl (C=O) groups is 1. The number of esters is 1. The number of hydrogen-bond acceptors (Lipinski definition) is 2. The van der Waals surface area contributed by atoms with E-state index in [1.165, 1.54) is 205 Å². The molecule has 44 heavy (non-hydrogen) atoms. The summed E-state index contributed by atoms with van der Waals surface area (Å²) < 4.78 is 5.29. The van der Waals surface area contributed by atoms with Gasteiger partial charge in [0.1, 0.15) is 11.2 Å². The molecule has 1 aliphatic heterocycles. The molecule has 1 unspecified atom stereocenters. The molecule has 0 aromatic carbocycles. The van der Waals surface area contributed by atoms with Gasteiger partial charge < -0.3 is 4.74 Å². The first-order chi connectivity index (χ1) is 21.7. The third-order valence-corrected chi connectivity index (χ3v) is 10.6. The van der Waals surface area contributed by atoms with Gasteiger partial charge in [0, 0.05) is 0 Å². The Morgan fingerprint density at radius 2 is 0.591 bits per heavy atom. The highest BCUT2D eigenvalue weighted by atomic mass is 16.6. The summed E-state index contributed by atoms with van der Waals surface area (Å²) in [7, 11) is 0. The molecule has 0 N–H and O–H groups in total. The van der Waals surface area contributed by atoms with Crippen molar-refractivity contribution in [2.45, 2.75) is 245 Å². The molecular weight excluding hydrogens is 536 g/mol. The highest BCUT2D eigenvalue weighted by Gasteiger charge is 2.52. The van der Waals surface area contributed by atoms with E-state index >= 15 is 0 Å². The molecule has 0 saturated carbocycles. The van der Waals surface area contributed by atoms with Crippen LogP contribution in [0.25, 0.3) is 0 Å². The zero-order chi connectivity index (χ0) is 31.8. The fraction of sp³-hybridized carbons (Fsp3) is 0.929. The molecule has 1 fully saturated rings. The second-order valence-corrected chi connectivity index (χ2v) is 14.7. The van der Waals surface area contributed by atoms with E-state index in [9.17, 15) is 4.79 Å². The predicted molar refractivity (Wildman–Crippen MR) is 195 cm³/mol. The predicted octanol–water partition coefficient (Wildman–Crippen LogP) is 15.1. The van der Waals surface area contributed by atoms with Crippen LogP contribution in [0.1, 0.15) is 245 Å². The first-order valence-corrected chi connectivity index (χ1v) is 20.6. The smallest absolute Gasteiger partial charge is 0.324 e. The number of rotatable bonds is 36. The SMILES string of the molecule is C=C1OC(=O)C1(CCCCCCCCCCCCCCCC)CCCCCCCCCCCCCCCCCCCCCC. The summed E-state index contributed by atoms with van der Waals surface area (Å²) >= 11 is 0. The van der Waals surface area contributed by atoms with Gasteiger partial charge in [-0.15, -0.1) is 0 Å². The van der Waals surface area contributed by atoms with E-state index < -0.39 is 0 Å². The number of cyclic esters (lactones) is 1. The van der Waals surface area contributed by atoms with Crippen molar-refractivity contribution in [1.29, 1.82) is 0 Å². The van der Waals surface area contributed by atoms with Gasteiger partial charge in [0.15, 0.2) is 0 Å². The molecule has 0 radical (unpaired) electrons. The van der Waals surface area contributed by atoms with Crippen LogP contribution in [0, 0.1) is 5.41 Å². The van der Waals surface area contributed by atoms with Crippen molar-refractivity contribution < 1.29 is 9.53 Å². The molecule has 0 aromatic heterocycles. The van der Waals surface area contributed by atoms with E-state index in [-0.39, 0.29) is 11.4 Å².